The zero-order valence-corrected chi connectivity index (χ0v) is 16.7. The number of unbranched alkanes of at least 4 members (excludes halogenated alkanes) is 1. The van der Waals surface area contributed by atoms with Gasteiger partial charge in [-0.15, -0.1) is 0 Å². The minimum absolute atomic E-state index is 0.0243. The Morgan fingerprint density at radius 1 is 1.19 bits per heavy atom. The van der Waals surface area contributed by atoms with Crippen molar-refractivity contribution in [1.82, 2.24) is 4.83 Å². The molecule has 2 aromatic carbocycles. The second kappa shape index (κ2) is 8.56. The van der Waals surface area contributed by atoms with Crippen LogP contribution in [0.3, 0.4) is 0 Å². The largest absolute Gasteiger partial charge is 0.507 e. The Bertz CT molecular complexity index is 907. The maximum atomic E-state index is 12.5. The molecule has 140 valence electrons. The summed E-state index contributed by atoms with van der Waals surface area (Å²) >= 11 is 6.16. The van der Waals surface area contributed by atoms with Crippen LogP contribution in [0.1, 0.15) is 42.9 Å². The highest BCUT2D eigenvalue weighted by Gasteiger charge is 2.16. The molecule has 0 radical (unpaired) electrons. The number of aryl methyl sites for hydroxylation is 2. The topological polar surface area (TPSA) is 78.8 Å². The molecule has 0 spiro atoms. The molecule has 26 heavy (non-hydrogen) atoms. The van der Waals surface area contributed by atoms with Gasteiger partial charge in [0.1, 0.15) is 5.75 Å². The number of phenols is 1. The number of sulfonamides is 1. The summed E-state index contributed by atoms with van der Waals surface area (Å²) in [6, 6.07) is 9.66. The van der Waals surface area contributed by atoms with E-state index in [1.165, 1.54) is 12.1 Å². The molecule has 0 amide bonds. The van der Waals surface area contributed by atoms with Crippen LogP contribution in [0.15, 0.2) is 46.4 Å². The third kappa shape index (κ3) is 4.99. The Kier molecular flexibility index (Phi) is 6.67. The summed E-state index contributed by atoms with van der Waals surface area (Å²) in [5.41, 5.74) is 2.58. The van der Waals surface area contributed by atoms with Crippen molar-refractivity contribution < 1.29 is 13.5 Å². The van der Waals surface area contributed by atoms with E-state index in [0.29, 0.717) is 22.7 Å². The highest BCUT2D eigenvalue weighted by molar-refractivity contribution is 7.89. The van der Waals surface area contributed by atoms with E-state index < -0.39 is 10.0 Å². The van der Waals surface area contributed by atoms with E-state index in [1.807, 2.05) is 13.8 Å². The van der Waals surface area contributed by atoms with Crippen molar-refractivity contribution in [2.75, 3.05) is 0 Å². The van der Waals surface area contributed by atoms with Crippen LogP contribution < -0.4 is 4.83 Å². The van der Waals surface area contributed by atoms with E-state index in [1.54, 1.807) is 31.2 Å². The fourth-order valence-electron chi connectivity index (χ4n) is 2.38. The quantitative estimate of drug-likeness (QED) is 0.534. The van der Waals surface area contributed by atoms with Gasteiger partial charge in [0.25, 0.3) is 10.0 Å². The van der Waals surface area contributed by atoms with E-state index in [2.05, 4.69) is 9.93 Å². The van der Waals surface area contributed by atoms with Crippen LogP contribution in [0.4, 0.5) is 0 Å². The molecular weight excluding hydrogens is 372 g/mol. The summed E-state index contributed by atoms with van der Waals surface area (Å²) in [6.45, 7) is 5.69. The Labute approximate surface area is 159 Å². The lowest BCUT2D eigenvalue weighted by Gasteiger charge is -2.12. The second-order valence-corrected chi connectivity index (χ2v) is 8.26. The lowest BCUT2D eigenvalue weighted by atomic mass is 10.0. The molecule has 0 aliphatic carbocycles. The first-order valence-electron chi connectivity index (χ1n) is 8.39. The third-order valence-corrected chi connectivity index (χ3v) is 5.62. The second-order valence-electron chi connectivity index (χ2n) is 6.19. The van der Waals surface area contributed by atoms with Crippen LogP contribution in [0, 0.1) is 13.8 Å². The number of rotatable bonds is 7. The first-order chi connectivity index (χ1) is 12.2. The fraction of sp³-hybridized carbons (Fsp3) is 0.316. The van der Waals surface area contributed by atoms with Gasteiger partial charge in [0, 0.05) is 10.6 Å². The number of nitrogens with one attached hydrogen (secondary N) is 1. The lowest BCUT2D eigenvalue weighted by molar-refractivity contribution is 0.473. The van der Waals surface area contributed by atoms with Gasteiger partial charge in [0.15, 0.2) is 0 Å². The number of hydrazone groups is 1. The van der Waals surface area contributed by atoms with Gasteiger partial charge in [0.2, 0.25) is 0 Å². The summed E-state index contributed by atoms with van der Waals surface area (Å²) in [5.74, 6) is 0.0243. The molecule has 2 aromatic rings. The lowest BCUT2D eigenvalue weighted by Crippen LogP contribution is -2.21. The molecule has 0 atom stereocenters. The molecule has 0 unspecified atom stereocenters. The molecule has 2 rings (SSSR count). The van der Waals surface area contributed by atoms with Gasteiger partial charge < -0.3 is 5.11 Å². The van der Waals surface area contributed by atoms with Crippen LogP contribution in [-0.2, 0) is 10.0 Å². The summed E-state index contributed by atoms with van der Waals surface area (Å²) < 4.78 is 24.9. The van der Waals surface area contributed by atoms with E-state index in [0.717, 1.165) is 24.0 Å². The molecule has 0 bridgehead atoms. The minimum Gasteiger partial charge on any atom is -0.507 e. The van der Waals surface area contributed by atoms with Gasteiger partial charge >= 0.3 is 0 Å². The SMILES string of the molecule is CCCC/C(=N/NS(=O)(=O)c1ccc(C)cc1)c1cc(Cl)c(C)cc1O. The molecular formula is C19H23ClN2O3S. The number of phenolic OH excluding ortho intramolecular Hbond substituents is 1. The highest BCUT2D eigenvalue weighted by Crippen LogP contribution is 2.27. The minimum atomic E-state index is -3.79. The third-order valence-electron chi connectivity index (χ3n) is 3.99. The van der Waals surface area contributed by atoms with Crippen molar-refractivity contribution >= 4 is 27.3 Å². The Morgan fingerprint density at radius 3 is 2.46 bits per heavy atom. The van der Waals surface area contributed by atoms with Crippen molar-refractivity contribution in [1.29, 1.82) is 0 Å². The molecule has 0 aliphatic heterocycles. The first-order valence-corrected chi connectivity index (χ1v) is 10.2. The van der Waals surface area contributed by atoms with Crippen molar-refractivity contribution in [2.45, 2.75) is 44.9 Å². The van der Waals surface area contributed by atoms with Gasteiger partial charge in [-0.25, -0.2) is 0 Å². The molecule has 5 nitrogen and oxygen atoms in total. The number of nitrogens with zero attached hydrogens (tertiary/aromatic N) is 1. The van der Waals surface area contributed by atoms with Gasteiger partial charge in [-0.2, -0.15) is 18.4 Å². The van der Waals surface area contributed by atoms with Gasteiger partial charge in [-0.05, 0) is 56.5 Å². The zero-order valence-electron chi connectivity index (χ0n) is 15.1. The van der Waals surface area contributed by atoms with E-state index in [9.17, 15) is 13.5 Å². The van der Waals surface area contributed by atoms with Crippen molar-refractivity contribution in [3.05, 3.63) is 58.1 Å². The molecule has 0 saturated heterocycles. The van der Waals surface area contributed by atoms with Crippen molar-refractivity contribution in [3.8, 4) is 5.75 Å². The van der Waals surface area contributed by atoms with Crippen LogP contribution in [0.5, 0.6) is 5.75 Å². The van der Waals surface area contributed by atoms with Crippen LogP contribution in [-0.4, -0.2) is 19.2 Å². The van der Waals surface area contributed by atoms with Crippen LogP contribution in [0.25, 0.3) is 0 Å². The average molecular weight is 395 g/mol. The van der Waals surface area contributed by atoms with Gasteiger partial charge in [0.05, 0.1) is 10.6 Å². The Morgan fingerprint density at radius 2 is 1.85 bits per heavy atom. The van der Waals surface area contributed by atoms with E-state index in [4.69, 9.17) is 11.6 Å². The molecule has 0 aromatic heterocycles. The summed E-state index contributed by atoms with van der Waals surface area (Å²) in [4.78, 5) is 2.40. The van der Waals surface area contributed by atoms with Gasteiger partial charge in [-0.1, -0.05) is 42.6 Å². The zero-order chi connectivity index (χ0) is 19.3. The van der Waals surface area contributed by atoms with Crippen LogP contribution in [0.2, 0.25) is 5.02 Å². The summed E-state index contributed by atoms with van der Waals surface area (Å²) in [6.07, 6.45) is 2.22. The molecule has 2 N–H and O–H groups in total. The van der Waals surface area contributed by atoms with Crippen LogP contribution >= 0.6 is 11.6 Å². The maximum absolute atomic E-state index is 12.5. The summed E-state index contributed by atoms with van der Waals surface area (Å²) in [7, 11) is -3.79. The number of hydrogen-bond donors (Lipinski definition) is 2. The predicted octanol–water partition coefficient (Wildman–Crippen LogP) is 4.54. The van der Waals surface area contributed by atoms with Gasteiger partial charge in [-0.3, -0.25) is 0 Å². The smallest absolute Gasteiger partial charge is 0.276 e. The van der Waals surface area contributed by atoms with E-state index >= 15 is 0 Å². The highest BCUT2D eigenvalue weighted by atomic mass is 35.5. The van der Waals surface area contributed by atoms with Crippen molar-refractivity contribution in [3.63, 3.8) is 0 Å². The normalized spacial score (nSPS) is 12.2. The molecule has 0 aliphatic rings. The number of aromatic hydroxyl groups is 1. The Balaban J connectivity index is 2.37. The average Bonchev–Trinajstić information content (AvgIpc) is 2.59. The number of hydrogen-bond acceptors (Lipinski definition) is 4. The summed E-state index contributed by atoms with van der Waals surface area (Å²) in [5, 5.41) is 14.8. The molecule has 0 saturated carbocycles. The first kappa shape index (κ1) is 20.3. The maximum Gasteiger partial charge on any atom is 0.276 e. The number of benzene rings is 2. The standard InChI is InChI=1S/C19H23ClN2O3S/c1-4-5-6-18(16-12-17(20)14(3)11-19(16)23)21-22-26(24,25)15-9-7-13(2)8-10-15/h7-12,22-23H,4-6H2,1-3H3/b21-18-. The van der Waals surface area contributed by atoms with Crippen molar-refractivity contribution in [2.24, 2.45) is 5.10 Å². The fourth-order valence-corrected chi connectivity index (χ4v) is 3.37. The molecule has 0 heterocycles. The molecule has 7 heteroatoms. The number of halogens is 1. The van der Waals surface area contributed by atoms with E-state index in [-0.39, 0.29) is 10.6 Å². The molecule has 0 fully saturated rings. The Hall–Kier alpha value is -2.05. The predicted molar refractivity (Wildman–Crippen MR) is 105 cm³/mol. The monoisotopic (exact) mass is 394 g/mol.